The lowest BCUT2D eigenvalue weighted by Gasteiger charge is -2.16. The second kappa shape index (κ2) is 11.3. The van der Waals surface area contributed by atoms with Crippen LogP contribution < -0.4 is 10.0 Å². The fraction of sp³-hybridized carbons (Fsp3) is 0.364. The highest BCUT2D eigenvalue weighted by Crippen LogP contribution is 2.48. The van der Waals surface area contributed by atoms with Crippen LogP contribution in [0.15, 0.2) is 47.4 Å². The Labute approximate surface area is 204 Å². The number of hydrogen-bond acceptors (Lipinski definition) is 4. The van der Waals surface area contributed by atoms with Crippen LogP contribution in [-0.4, -0.2) is 38.1 Å². The molecule has 0 saturated heterocycles. The molecule has 1 aliphatic rings. The summed E-state index contributed by atoms with van der Waals surface area (Å²) < 4.78 is 72.4. The Hall–Kier alpha value is -2.86. The van der Waals surface area contributed by atoms with Gasteiger partial charge in [-0.15, -0.1) is 0 Å². The molecule has 3 rings (SSSR count). The highest BCUT2D eigenvalue weighted by molar-refractivity contribution is 7.92. The summed E-state index contributed by atoms with van der Waals surface area (Å²) in [4.78, 5) is 21.3. The number of carbonyl (C=O) groups excluding carboxylic acids is 1. The van der Waals surface area contributed by atoms with E-state index in [1.807, 2.05) is 0 Å². The highest BCUT2D eigenvalue weighted by Gasteiger charge is 2.51. The summed E-state index contributed by atoms with van der Waals surface area (Å²) >= 11 is 5.67. The van der Waals surface area contributed by atoms with E-state index in [2.05, 4.69) is 17.0 Å². The molecular weight excluding hydrogens is 516 g/mol. The summed E-state index contributed by atoms with van der Waals surface area (Å²) in [5, 5.41) is 9.84. The van der Waals surface area contributed by atoms with Crippen molar-refractivity contribution in [2.24, 2.45) is 0 Å². The first kappa shape index (κ1) is 28.4. The standard InChI is InChI=1S/C20H22ClFN2O3S.C2HF3O2/c1-2-3-12-23-19(25)20(10-11-20)14-4-6-15(7-5-14)24-28(26,27)16-8-9-18(22)17(21)13-16;3-2(4,5)1(6)7/h4-9,13,24H,2-3,10-12H2,1H3,(H,23,25);(H,6,7). The van der Waals surface area contributed by atoms with E-state index in [1.165, 1.54) is 0 Å². The molecule has 7 nitrogen and oxygen atoms in total. The van der Waals surface area contributed by atoms with Gasteiger partial charge in [0.25, 0.3) is 10.0 Å². The van der Waals surface area contributed by atoms with Gasteiger partial charge in [-0.25, -0.2) is 17.6 Å². The van der Waals surface area contributed by atoms with Crippen LogP contribution in [0.4, 0.5) is 23.2 Å². The van der Waals surface area contributed by atoms with Crippen LogP contribution in [0.1, 0.15) is 38.2 Å². The van der Waals surface area contributed by atoms with Gasteiger partial charge in [0.2, 0.25) is 5.91 Å². The Kier molecular flexibility index (Phi) is 9.12. The van der Waals surface area contributed by atoms with Crippen LogP contribution >= 0.6 is 11.6 Å². The largest absolute Gasteiger partial charge is 0.490 e. The number of aliphatic carboxylic acids is 1. The summed E-state index contributed by atoms with van der Waals surface area (Å²) in [6.07, 6.45) is -1.56. The molecule has 0 aliphatic heterocycles. The Morgan fingerprint density at radius 1 is 1.11 bits per heavy atom. The fourth-order valence-electron chi connectivity index (χ4n) is 3.04. The molecule has 2 aromatic carbocycles. The number of unbranched alkanes of at least 4 members (excludes halogenated alkanes) is 1. The van der Waals surface area contributed by atoms with E-state index < -0.39 is 33.4 Å². The summed E-state index contributed by atoms with van der Waals surface area (Å²) in [6, 6.07) is 10.00. The Balaban J connectivity index is 0.000000540. The normalized spacial score (nSPS) is 14.3. The highest BCUT2D eigenvalue weighted by atomic mass is 35.5. The number of benzene rings is 2. The molecule has 0 heterocycles. The Morgan fingerprint density at radius 2 is 1.69 bits per heavy atom. The minimum Gasteiger partial charge on any atom is -0.475 e. The minimum atomic E-state index is -5.08. The molecule has 13 heteroatoms. The number of nitrogens with one attached hydrogen (secondary N) is 2. The van der Waals surface area contributed by atoms with Gasteiger partial charge in [0.1, 0.15) is 5.82 Å². The number of amides is 1. The lowest BCUT2D eigenvalue weighted by molar-refractivity contribution is -0.192. The number of carbonyl (C=O) groups is 2. The third-order valence-electron chi connectivity index (χ3n) is 5.13. The van der Waals surface area contributed by atoms with Crippen molar-refractivity contribution in [2.45, 2.75) is 49.1 Å². The second-order valence-corrected chi connectivity index (χ2v) is 9.84. The number of carboxylic acid groups (broad SMARTS) is 1. The molecule has 1 aliphatic carbocycles. The topological polar surface area (TPSA) is 113 Å². The number of sulfonamides is 1. The van der Waals surface area contributed by atoms with E-state index in [0.717, 1.165) is 49.4 Å². The molecule has 0 unspecified atom stereocenters. The number of carboxylic acids is 1. The third-order valence-corrected chi connectivity index (χ3v) is 6.80. The first-order valence-electron chi connectivity index (χ1n) is 10.4. The van der Waals surface area contributed by atoms with E-state index in [4.69, 9.17) is 21.5 Å². The van der Waals surface area contributed by atoms with Gasteiger partial charge in [0, 0.05) is 12.2 Å². The molecule has 0 bridgehead atoms. The molecule has 0 radical (unpaired) electrons. The third kappa shape index (κ3) is 7.56. The molecule has 0 aromatic heterocycles. The molecule has 3 N–H and O–H groups in total. The smallest absolute Gasteiger partial charge is 0.475 e. The van der Waals surface area contributed by atoms with Gasteiger partial charge < -0.3 is 10.4 Å². The van der Waals surface area contributed by atoms with Crippen molar-refractivity contribution in [3.8, 4) is 0 Å². The van der Waals surface area contributed by atoms with Crippen molar-refractivity contribution >= 4 is 39.2 Å². The first-order valence-corrected chi connectivity index (χ1v) is 12.3. The Morgan fingerprint density at radius 3 is 2.14 bits per heavy atom. The van der Waals surface area contributed by atoms with Gasteiger partial charge in [-0.3, -0.25) is 9.52 Å². The van der Waals surface area contributed by atoms with E-state index in [-0.39, 0.29) is 15.8 Å². The number of halogens is 5. The molecule has 0 spiro atoms. The zero-order chi connectivity index (χ0) is 26.4. The van der Waals surface area contributed by atoms with Crippen molar-refractivity contribution in [3.63, 3.8) is 0 Å². The number of anilines is 1. The number of alkyl halides is 3. The van der Waals surface area contributed by atoms with Crippen LogP contribution in [0.5, 0.6) is 0 Å². The summed E-state index contributed by atoms with van der Waals surface area (Å²) in [6.45, 7) is 2.73. The first-order chi connectivity index (χ1) is 16.2. The SMILES string of the molecule is CCCCNC(=O)C1(c2ccc(NS(=O)(=O)c3ccc(F)c(Cl)c3)cc2)CC1.O=C(O)C(F)(F)F. The van der Waals surface area contributed by atoms with Crippen LogP contribution in [0, 0.1) is 5.82 Å². The van der Waals surface area contributed by atoms with Crippen LogP contribution in [0.2, 0.25) is 5.02 Å². The zero-order valence-corrected chi connectivity index (χ0v) is 20.0. The predicted molar refractivity (Wildman–Crippen MR) is 121 cm³/mol. The van der Waals surface area contributed by atoms with Crippen LogP contribution in [-0.2, 0) is 25.0 Å². The van der Waals surface area contributed by atoms with Gasteiger partial charge in [0.15, 0.2) is 0 Å². The number of rotatable bonds is 8. The monoisotopic (exact) mass is 538 g/mol. The predicted octanol–water partition coefficient (Wildman–Crippen LogP) is 4.86. The molecule has 1 amide bonds. The van der Waals surface area contributed by atoms with E-state index in [0.29, 0.717) is 12.2 Å². The van der Waals surface area contributed by atoms with E-state index >= 15 is 0 Å². The van der Waals surface area contributed by atoms with Crippen molar-refractivity contribution in [2.75, 3.05) is 11.3 Å². The van der Waals surface area contributed by atoms with Crippen molar-refractivity contribution in [3.05, 3.63) is 58.9 Å². The molecule has 0 atom stereocenters. The maximum absolute atomic E-state index is 13.3. The number of hydrogen-bond donors (Lipinski definition) is 3. The summed E-state index contributed by atoms with van der Waals surface area (Å²) in [5.41, 5.74) is 0.718. The van der Waals surface area contributed by atoms with Gasteiger partial charge in [0.05, 0.1) is 15.3 Å². The molecule has 1 fully saturated rings. The second-order valence-electron chi connectivity index (χ2n) is 7.75. The van der Waals surface area contributed by atoms with Crippen molar-refractivity contribution in [1.82, 2.24) is 5.32 Å². The Bertz CT molecular complexity index is 1170. The van der Waals surface area contributed by atoms with Gasteiger partial charge in [-0.05, 0) is 55.2 Å². The van der Waals surface area contributed by atoms with Crippen molar-refractivity contribution in [1.29, 1.82) is 0 Å². The molecule has 2 aromatic rings. The van der Waals surface area contributed by atoms with Crippen LogP contribution in [0.3, 0.4) is 0 Å². The quantitative estimate of drug-likeness (QED) is 0.328. The zero-order valence-electron chi connectivity index (χ0n) is 18.5. The van der Waals surface area contributed by atoms with Gasteiger partial charge >= 0.3 is 12.1 Å². The van der Waals surface area contributed by atoms with E-state index in [1.54, 1.807) is 24.3 Å². The maximum atomic E-state index is 13.3. The lowest BCUT2D eigenvalue weighted by atomic mass is 9.94. The van der Waals surface area contributed by atoms with E-state index in [9.17, 15) is 30.8 Å². The molecule has 1 saturated carbocycles. The summed E-state index contributed by atoms with van der Waals surface area (Å²) in [5.74, 6) is -3.42. The maximum Gasteiger partial charge on any atom is 0.490 e. The van der Waals surface area contributed by atoms with Gasteiger partial charge in [-0.2, -0.15) is 13.2 Å². The van der Waals surface area contributed by atoms with Crippen molar-refractivity contribution < 1.29 is 40.7 Å². The lowest BCUT2D eigenvalue weighted by Crippen LogP contribution is -2.35. The van der Waals surface area contributed by atoms with Crippen LogP contribution in [0.25, 0.3) is 0 Å². The average Bonchev–Trinajstić information content (AvgIpc) is 3.58. The van der Waals surface area contributed by atoms with Gasteiger partial charge in [-0.1, -0.05) is 37.1 Å². The minimum absolute atomic E-state index is 0.0234. The fourth-order valence-corrected chi connectivity index (χ4v) is 4.36. The molecular formula is C22H23ClF4N2O5S. The summed E-state index contributed by atoms with van der Waals surface area (Å²) in [7, 11) is -3.90. The molecule has 192 valence electrons. The average molecular weight is 539 g/mol. The molecule has 35 heavy (non-hydrogen) atoms.